The van der Waals surface area contributed by atoms with Crippen LogP contribution in [0.3, 0.4) is 0 Å². The summed E-state index contributed by atoms with van der Waals surface area (Å²) in [5.74, 6) is 1.31. The van der Waals surface area contributed by atoms with Crippen molar-refractivity contribution in [2.24, 2.45) is 0 Å². The Morgan fingerprint density at radius 1 is 1.17 bits per heavy atom. The van der Waals surface area contributed by atoms with Crippen molar-refractivity contribution in [3.05, 3.63) is 54.1 Å². The highest BCUT2D eigenvalue weighted by atomic mass is 16.5. The summed E-state index contributed by atoms with van der Waals surface area (Å²) in [5, 5.41) is 9.15. The predicted octanol–water partition coefficient (Wildman–Crippen LogP) is 2.37. The molecule has 0 saturated heterocycles. The zero-order chi connectivity index (χ0) is 16.2. The highest BCUT2D eigenvalue weighted by molar-refractivity contribution is 5.99. The lowest BCUT2D eigenvalue weighted by molar-refractivity contribution is -0.127. The van der Waals surface area contributed by atoms with Gasteiger partial charge in [0.05, 0.1) is 19.3 Å². The van der Waals surface area contributed by atoms with Crippen molar-refractivity contribution < 1.29 is 19.4 Å². The van der Waals surface area contributed by atoms with Gasteiger partial charge in [-0.15, -0.1) is 0 Å². The third-order valence-electron chi connectivity index (χ3n) is 3.86. The molecule has 1 aliphatic rings. The second kappa shape index (κ2) is 6.71. The maximum atomic E-state index is 12.7. The molecule has 0 unspecified atom stereocenters. The summed E-state index contributed by atoms with van der Waals surface area (Å²) in [6, 6.07) is 15.1. The lowest BCUT2D eigenvalue weighted by Crippen LogP contribution is -2.45. The molecule has 3 rings (SSSR count). The van der Waals surface area contributed by atoms with Crippen LogP contribution in [0.25, 0.3) is 0 Å². The van der Waals surface area contributed by atoms with Crippen LogP contribution in [-0.4, -0.2) is 30.8 Å². The Balaban J connectivity index is 1.89. The quantitative estimate of drug-likeness (QED) is 0.920. The van der Waals surface area contributed by atoms with Gasteiger partial charge in [0.25, 0.3) is 5.91 Å². The smallest absolute Gasteiger partial charge is 0.268 e. The SMILES string of the molecule is COc1ccc(CN2C(=O)[C@H](CCO)Oc3ccccc32)cc1. The van der Waals surface area contributed by atoms with E-state index in [1.807, 2.05) is 48.5 Å². The number of hydrogen-bond acceptors (Lipinski definition) is 4. The molecular formula is C18H19NO4. The fourth-order valence-electron chi connectivity index (χ4n) is 2.65. The van der Waals surface area contributed by atoms with Gasteiger partial charge in [-0.05, 0) is 29.8 Å². The van der Waals surface area contributed by atoms with Crippen molar-refractivity contribution >= 4 is 11.6 Å². The van der Waals surface area contributed by atoms with Crippen LogP contribution in [0.4, 0.5) is 5.69 Å². The lowest BCUT2D eigenvalue weighted by Gasteiger charge is -2.34. The molecule has 2 aromatic rings. The molecule has 5 heteroatoms. The Labute approximate surface area is 135 Å². The zero-order valence-corrected chi connectivity index (χ0v) is 12.9. The van der Waals surface area contributed by atoms with Gasteiger partial charge in [0, 0.05) is 13.0 Å². The van der Waals surface area contributed by atoms with Gasteiger partial charge in [0.2, 0.25) is 0 Å². The van der Waals surface area contributed by atoms with Gasteiger partial charge in [0.1, 0.15) is 11.5 Å². The average Bonchev–Trinajstić information content (AvgIpc) is 2.59. The molecule has 5 nitrogen and oxygen atoms in total. The highest BCUT2D eigenvalue weighted by Crippen LogP contribution is 2.35. The van der Waals surface area contributed by atoms with E-state index in [1.165, 1.54) is 0 Å². The Bertz CT molecular complexity index is 684. The monoisotopic (exact) mass is 313 g/mol. The van der Waals surface area contributed by atoms with Crippen molar-refractivity contribution in [2.45, 2.75) is 19.1 Å². The second-order valence-electron chi connectivity index (χ2n) is 5.36. The number of aliphatic hydroxyl groups is 1. The minimum atomic E-state index is -0.645. The lowest BCUT2D eigenvalue weighted by atomic mass is 10.1. The van der Waals surface area contributed by atoms with E-state index in [2.05, 4.69) is 0 Å². The normalized spacial score (nSPS) is 16.7. The number of hydrogen-bond donors (Lipinski definition) is 1. The van der Waals surface area contributed by atoms with Gasteiger partial charge in [-0.1, -0.05) is 24.3 Å². The molecule has 2 aromatic carbocycles. The topological polar surface area (TPSA) is 59.0 Å². The van der Waals surface area contributed by atoms with Crippen LogP contribution in [0.1, 0.15) is 12.0 Å². The van der Waals surface area contributed by atoms with Crippen LogP contribution >= 0.6 is 0 Å². The average molecular weight is 313 g/mol. The zero-order valence-electron chi connectivity index (χ0n) is 12.9. The summed E-state index contributed by atoms with van der Waals surface area (Å²) < 4.78 is 10.9. The van der Waals surface area contributed by atoms with Crippen LogP contribution in [0.2, 0.25) is 0 Å². The molecule has 0 saturated carbocycles. The van der Waals surface area contributed by atoms with Gasteiger partial charge in [0.15, 0.2) is 6.10 Å². The number of anilines is 1. The van der Waals surface area contributed by atoms with Crippen molar-refractivity contribution in [3.8, 4) is 11.5 Å². The van der Waals surface area contributed by atoms with Crippen molar-refractivity contribution in [1.29, 1.82) is 0 Å². The molecule has 23 heavy (non-hydrogen) atoms. The van der Waals surface area contributed by atoms with Gasteiger partial charge in [-0.3, -0.25) is 4.79 Å². The van der Waals surface area contributed by atoms with Gasteiger partial charge in [-0.25, -0.2) is 0 Å². The van der Waals surface area contributed by atoms with Gasteiger partial charge in [-0.2, -0.15) is 0 Å². The number of para-hydroxylation sites is 2. The van der Waals surface area contributed by atoms with Crippen molar-refractivity contribution in [3.63, 3.8) is 0 Å². The Hall–Kier alpha value is -2.53. The predicted molar refractivity (Wildman–Crippen MR) is 86.7 cm³/mol. The van der Waals surface area contributed by atoms with Crippen LogP contribution in [0.15, 0.2) is 48.5 Å². The van der Waals surface area contributed by atoms with E-state index >= 15 is 0 Å². The first-order valence-corrected chi connectivity index (χ1v) is 7.54. The van der Waals surface area contributed by atoms with Crippen molar-refractivity contribution in [2.75, 3.05) is 18.6 Å². The molecule has 1 amide bonds. The molecule has 0 aliphatic carbocycles. The molecule has 1 N–H and O–H groups in total. The Kier molecular flexibility index (Phi) is 4.48. The Morgan fingerprint density at radius 3 is 2.61 bits per heavy atom. The van der Waals surface area contributed by atoms with E-state index in [-0.39, 0.29) is 18.9 Å². The molecule has 0 bridgehead atoms. The largest absolute Gasteiger partial charge is 0.497 e. The number of amides is 1. The number of benzene rings is 2. The highest BCUT2D eigenvalue weighted by Gasteiger charge is 2.33. The molecule has 1 heterocycles. The number of ether oxygens (including phenoxy) is 2. The first-order chi connectivity index (χ1) is 11.2. The third-order valence-corrected chi connectivity index (χ3v) is 3.86. The number of carbonyl (C=O) groups excluding carboxylic acids is 1. The summed E-state index contributed by atoms with van der Waals surface area (Å²) >= 11 is 0. The minimum Gasteiger partial charge on any atom is -0.497 e. The number of nitrogens with zero attached hydrogens (tertiary/aromatic N) is 1. The van der Waals surface area contributed by atoms with E-state index in [1.54, 1.807) is 12.0 Å². The van der Waals surface area contributed by atoms with Gasteiger partial charge < -0.3 is 19.5 Å². The number of carbonyl (C=O) groups is 1. The molecular weight excluding hydrogens is 294 g/mol. The number of methoxy groups -OCH3 is 1. The van der Waals surface area contributed by atoms with E-state index in [0.29, 0.717) is 12.3 Å². The molecule has 0 aromatic heterocycles. The van der Waals surface area contributed by atoms with Crippen LogP contribution in [0.5, 0.6) is 11.5 Å². The van der Waals surface area contributed by atoms with E-state index in [9.17, 15) is 4.79 Å². The maximum absolute atomic E-state index is 12.7. The number of aliphatic hydroxyl groups excluding tert-OH is 1. The third kappa shape index (κ3) is 3.14. The summed E-state index contributed by atoms with van der Waals surface area (Å²) in [7, 11) is 1.62. The summed E-state index contributed by atoms with van der Waals surface area (Å²) in [6.07, 6.45) is -0.361. The summed E-state index contributed by atoms with van der Waals surface area (Å²) in [4.78, 5) is 14.4. The van der Waals surface area contributed by atoms with Crippen LogP contribution in [0, 0.1) is 0 Å². The minimum absolute atomic E-state index is 0.0883. The van der Waals surface area contributed by atoms with Gasteiger partial charge >= 0.3 is 0 Å². The van der Waals surface area contributed by atoms with Crippen LogP contribution in [-0.2, 0) is 11.3 Å². The molecule has 0 radical (unpaired) electrons. The van der Waals surface area contributed by atoms with Crippen molar-refractivity contribution in [1.82, 2.24) is 0 Å². The second-order valence-corrected chi connectivity index (χ2v) is 5.36. The standard InChI is InChI=1S/C18H19NO4/c1-22-14-8-6-13(7-9-14)12-19-15-4-2-3-5-16(15)23-17(10-11-20)18(19)21/h2-9,17,20H,10-12H2,1H3/t17-/m0/s1. The molecule has 0 fully saturated rings. The molecule has 0 spiro atoms. The Morgan fingerprint density at radius 2 is 1.91 bits per heavy atom. The fourth-order valence-corrected chi connectivity index (χ4v) is 2.65. The first-order valence-electron chi connectivity index (χ1n) is 7.54. The fraction of sp³-hybridized carbons (Fsp3) is 0.278. The molecule has 1 aliphatic heterocycles. The van der Waals surface area contributed by atoms with E-state index < -0.39 is 6.10 Å². The number of rotatable bonds is 5. The van der Waals surface area contributed by atoms with Crippen LogP contribution < -0.4 is 14.4 Å². The number of fused-ring (bicyclic) bond motifs is 1. The molecule has 120 valence electrons. The first kappa shape index (κ1) is 15.4. The van der Waals surface area contributed by atoms with E-state index in [4.69, 9.17) is 14.6 Å². The summed E-state index contributed by atoms with van der Waals surface area (Å²) in [5.41, 5.74) is 1.75. The maximum Gasteiger partial charge on any atom is 0.268 e. The van der Waals surface area contributed by atoms with E-state index in [0.717, 1.165) is 17.0 Å². The summed E-state index contributed by atoms with van der Waals surface area (Å²) in [6.45, 7) is 0.361. The molecule has 1 atom stereocenters.